The lowest BCUT2D eigenvalue weighted by molar-refractivity contribution is 0.282. The van der Waals surface area contributed by atoms with Gasteiger partial charge in [-0.1, -0.05) is 12.2 Å². The first kappa shape index (κ1) is 9.75. The quantitative estimate of drug-likeness (QED) is 0.482. The monoisotopic (exact) mass is 169 g/mol. The van der Waals surface area contributed by atoms with Crippen LogP contribution in [0, 0.1) is 0 Å². The third-order valence-electron chi connectivity index (χ3n) is 2.29. The van der Waals surface area contributed by atoms with Crippen molar-refractivity contribution in [3.63, 3.8) is 0 Å². The van der Waals surface area contributed by atoms with E-state index in [2.05, 4.69) is 17.5 Å². The third-order valence-corrected chi connectivity index (χ3v) is 2.29. The Kier molecular flexibility index (Phi) is 5.04. The fraction of sp³-hybridized carbons (Fsp3) is 0.800. The first-order valence-corrected chi connectivity index (χ1v) is 4.92. The van der Waals surface area contributed by atoms with E-state index in [0.717, 1.165) is 19.4 Å². The lowest BCUT2D eigenvalue weighted by Crippen LogP contribution is -2.30. The van der Waals surface area contributed by atoms with Gasteiger partial charge in [-0.2, -0.15) is 0 Å². The van der Waals surface area contributed by atoms with Gasteiger partial charge in [0.15, 0.2) is 0 Å². The summed E-state index contributed by atoms with van der Waals surface area (Å²) in [5.74, 6) is 0. The van der Waals surface area contributed by atoms with Crippen LogP contribution in [-0.4, -0.2) is 24.3 Å². The van der Waals surface area contributed by atoms with Crippen molar-refractivity contribution in [1.82, 2.24) is 5.32 Å². The molecule has 1 atom stereocenters. The maximum Gasteiger partial charge on any atom is 0.0431 e. The fourth-order valence-corrected chi connectivity index (χ4v) is 1.52. The van der Waals surface area contributed by atoms with Crippen LogP contribution in [0.5, 0.6) is 0 Å². The van der Waals surface area contributed by atoms with E-state index in [4.69, 9.17) is 5.11 Å². The van der Waals surface area contributed by atoms with Gasteiger partial charge in [0, 0.05) is 12.6 Å². The van der Waals surface area contributed by atoms with E-state index < -0.39 is 0 Å². The molecule has 1 aliphatic rings. The molecule has 1 aliphatic carbocycles. The molecule has 0 spiro atoms. The molecule has 0 saturated carbocycles. The molecule has 0 fully saturated rings. The highest BCUT2D eigenvalue weighted by atomic mass is 16.2. The van der Waals surface area contributed by atoms with E-state index in [1.165, 1.54) is 19.3 Å². The summed E-state index contributed by atoms with van der Waals surface area (Å²) in [7, 11) is 0. The summed E-state index contributed by atoms with van der Waals surface area (Å²) < 4.78 is 0. The largest absolute Gasteiger partial charge is 0.396 e. The van der Waals surface area contributed by atoms with Crippen molar-refractivity contribution in [2.24, 2.45) is 0 Å². The smallest absolute Gasteiger partial charge is 0.0431 e. The van der Waals surface area contributed by atoms with Crippen molar-refractivity contribution >= 4 is 0 Å². The Morgan fingerprint density at radius 2 is 2.25 bits per heavy atom. The predicted molar refractivity (Wildman–Crippen MR) is 51.1 cm³/mol. The van der Waals surface area contributed by atoms with E-state index in [-0.39, 0.29) is 0 Å². The molecule has 1 unspecified atom stereocenters. The highest BCUT2D eigenvalue weighted by molar-refractivity contribution is 4.92. The molecule has 1 rings (SSSR count). The normalized spacial score (nSPS) is 22.9. The van der Waals surface area contributed by atoms with Crippen molar-refractivity contribution in [1.29, 1.82) is 0 Å². The fourth-order valence-electron chi connectivity index (χ4n) is 1.52. The van der Waals surface area contributed by atoms with Crippen LogP contribution in [0.25, 0.3) is 0 Å². The topological polar surface area (TPSA) is 32.3 Å². The van der Waals surface area contributed by atoms with Crippen LogP contribution >= 0.6 is 0 Å². The van der Waals surface area contributed by atoms with E-state index in [1.54, 1.807) is 0 Å². The van der Waals surface area contributed by atoms with Crippen LogP contribution < -0.4 is 5.32 Å². The van der Waals surface area contributed by atoms with Gasteiger partial charge in [-0.05, 0) is 38.6 Å². The number of aliphatic hydroxyl groups is 1. The van der Waals surface area contributed by atoms with Gasteiger partial charge in [-0.3, -0.25) is 0 Å². The standard InChI is InChI=1S/C10H19NO/c12-9-5-4-8-11-10-6-2-1-3-7-10/h1-2,10-12H,3-9H2. The summed E-state index contributed by atoms with van der Waals surface area (Å²) in [6.45, 7) is 1.38. The van der Waals surface area contributed by atoms with Gasteiger partial charge in [0.25, 0.3) is 0 Å². The molecule has 0 heterocycles. The van der Waals surface area contributed by atoms with Crippen LogP contribution in [0.15, 0.2) is 12.2 Å². The maximum absolute atomic E-state index is 8.56. The Balaban J connectivity index is 1.95. The molecule has 2 heteroatoms. The number of allylic oxidation sites excluding steroid dienone is 1. The summed E-state index contributed by atoms with van der Waals surface area (Å²) in [5, 5.41) is 12.1. The molecule has 0 amide bonds. The predicted octanol–water partition coefficient (Wildman–Crippen LogP) is 1.46. The number of unbranched alkanes of at least 4 members (excludes halogenated alkanes) is 1. The SMILES string of the molecule is OCCCCNC1CC=CCC1. The average molecular weight is 169 g/mol. The lowest BCUT2D eigenvalue weighted by atomic mass is 10.0. The molecular weight excluding hydrogens is 150 g/mol. The number of hydrogen-bond donors (Lipinski definition) is 2. The molecule has 0 saturated heterocycles. The zero-order valence-corrected chi connectivity index (χ0v) is 7.63. The molecule has 70 valence electrons. The van der Waals surface area contributed by atoms with Crippen molar-refractivity contribution < 1.29 is 5.11 Å². The van der Waals surface area contributed by atoms with Crippen LogP contribution in [0.3, 0.4) is 0 Å². The van der Waals surface area contributed by atoms with Gasteiger partial charge in [-0.25, -0.2) is 0 Å². The molecule has 2 N–H and O–H groups in total. The molecule has 0 aliphatic heterocycles. The molecular formula is C10H19NO. The van der Waals surface area contributed by atoms with Crippen molar-refractivity contribution in [2.45, 2.75) is 38.1 Å². The van der Waals surface area contributed by atoms with E-state index in [0.29, 0.717) is 12.6 Å². The second-order valence-electron chi connectivity index (χ2n) is 3.37. The minimum absolute atomic E-state index is 0.326. The van der Waals surface area contributed by atoms with Crippen molar-refractivity contribution in [3.05, 3.63) is 12.2 Å². The van der Waals surface area contributed by atoms with Gasteiger partial charge in [0.2, 0.25) is 0 Å². The molecule has 0 radical (unpaired) electrons. The minimum Gasteiger partial charge on any atom is -0.396 e. The van der Waals surface area contributed by atoms with Gasteiger partial charge in [-0.15, -0.1) is 0 Å². The number of aliphatic hydroxyl groups excluding tert-OH is 1. The van der Waals surface area contributed by atoms with Crippen molar-refractivity contribution in [2.75, 3.05) is 13.2 Å². The van der Waals surface area contributed by atoms with Crippen LogP contribution in [0.4, 0.5) is 0 Å². The molecule has 0 aromatic heterocycles. The van der Waals surface area contributed by atoms with Crippen molar-refractivity contribution in [3.8, 4) is 0 Å². The molecule has 2 nitrogen and oxygen atoms in total. The Morgan fingerprint density at radius 1 is 1.33 bits per heavy atom. The second-order valence-corrected chi connectivity index (χ2v) is 3.37. The Bertz CT molecular complexity index is 134. The highest BCUT2D eigenvalue weighted by Gasteiger charge is 2.07. The molecule has 0 aromatic carbocycles. The summed E-state index contributed by atoms with van der Waals surface area (Å²) in [4.78, 5) is 0. The maximum atomic E-state index is 8.56. The summed E-state index contributed by atoms with van der Waals surface area (Å²) in [6.07, 6.45) is 10.2. The molecule has 12 heavy (non-hydrogen) atoms. The number of rotatable bonds is 5. The zero-order valence-electron chi connectivity index (χ0n) is 7.63. The summed E-state index contributed by atoms with van der Waals surface area (Å²) in [5.41, 5.74) is 0. The Hall–Kier alpha value is -0.340. The number of hydrogen-bond acceptors (Lipinski definition) is 2. The van der Waals surface area contributed by atoms with Gasteiger partial charge >= 0.3 is 0 Å². The Labute approximate surface area is 74.7 Å². The van der Waals surface area contributed by atoms with Gasteiger partial charge in [0.1, 0.15) is 0 Å². The molecule has 0 bridgehead atoms. The third kappa shape index (κ3) is 3.88. The minimum atomic E-state index is 0.326. The first-order chi connectivity index (χ1) is 5.93. The van der Waals surface area contributed by atoms with Crippen LogP contribution in [0.2, 0.25) is 0 Å². The first-order valence-electron chi connectivity index (χ1n) is 4.92. The van der Waals surface area contributed by atoms with Crippen LogP contribution in [-0.2, 0) is 0 Å². The Morgan fingerprint density at radius 3 is 2.92 bits per heavy atom. The van der Waals surface area contributed by atoms with Gasteiger partial charge < -0.3 is 10.4 Å². The summed E-state index contributed by atoms with van der Waals surface area (Å²) in [6, 6.07) is 0.689. The van der Waals surface area contributed by atoms with E-state index >= 15 is 0 Å². The highest BCUT2D eigenvalue weighted by Crippen LogP contribution is 2.10. The van der Waals surface area contributed by atoms with Gasteiger partial charge in [0.05, 0.1) is 0 Å². The van der Waals surface area contributed by atoms with Crippen LogP contribution in [0.1, 0.15) is 32.1 Å². The average Bonchev–Trinajstić information content (AvgIpc) is 2.14. The van der Waals surface area contributed by atoms with E-state index in [9.17, 15) is 0 Å². The number of nitrogens with one attached hydrogen (secondary N) is 1. The zero-order chi connectivity index (χ0) is 8.65. The summed E-state index contributed by atoms with van der Waals surface area (Å²) >= 11 is 0. The lowest BCUT2D eigenvalue weighted by Gasteiger charge is -2.18. The molecule has 0 aromatic rings. The second kappa shape index (κ2) is 6.21. The van der Waals surface area contributed by atoms with E-state index in [1.807, 2.05) is 0 Å².